The van der Waals surface area contributed by atoms with Crippen molar-refractivity contribution in [1.29, 1.82) is 0 Å². The van der Waals surface area contributed by atoms with E-state index in [0.717, 1.165) is 37.1 Å². The Morgan fingerprint density at radius 1 is 1.10 bits per heavy atom. The molecule has 2 aromatic carbocycles. The van der Waals surface area contributed by atoms with Crippen LogP contribution in [0.25, 0.3) is 0 Å². The first-order chi connectivity index (χ1) is 14.7. The van der Waals surface area contributed by atoms with Crippen LogP contribution >= 0.6 is 23.2 Å². The number of amides is 1. The maximum atomic E-state index is 12.4. The minimum absolute atomic E-state index is 0.0845. The molecule has 9 heteroatoms. The van der Waals surface area contributed by atoms with E-state index >= 15 is 0 Å². The van der Waals surface area contributed by atoms with Crippen LogP contribution in [0.1, 0.15) is 39.5 Å². The van der Waals surface area contributed by atoms with Crippen molar-refractivity contribution in [3.8, 4) is 0 Å². The van der Waals surface area contributed by atoms with E-state index in [2.05, 4.69) is 10.6 Å². The summed E-state index contributed by atoms with van der Waals surface area (Å²) in [5.74, 6) is 0.134. The van der Waals surface area contributed by atoms with Crippen LogP contribution in [0.15, 0.2) is 36.4 Å². The Labute approximate surface area is 190 Å². The first-order valence-electron chi connectivity index (χ1n) is 10.3. The summed E-state index contributed by atoms with van der Waals surface area (Å²) in [6.07, 6.45) is 4.33. The van der Waals surface area contributed by atoms with E-state index in [9.17, 15) is 14.9 Å². The molecule has 0 atom stereocenters. The van der Waals surface area contributed by atoms with E-state index in [1.807, 2.05) is 36.9 Å². The quantitative estimate of drug-likeness (QED) is 0.438. The molecule has 2 aliphatic carbocycles. The fourth-order valence-corrected chi connectivity index (χ4v) is 3.87. The van der Waals surface area contributed by atoms with Gasteiger partial charge < -0.3 is 15.5 Å². The van der Waals surface area contributed by atoms with Crippen molar-refractivity contribution in [2.75, 3.05) is 15.5 Å². The Kier molecular flexibility index (Phi) is 5.75. The number of nitrogens with zero attached hydrogens (tertiary/aromatic N) is 2. The SMILES string of the molecule is CC1(C)Nc2ccc(Cl)cc2N(C2CC2)C1=O.O=[N+]([O-])c1ccc(Cl)cc1NC1CC1. The summed E-state index contributed by atoms with van der Waals surface area (Å²) in [6.45, 7) is 3.84. The van der Waals surface area contributed by atoms with Gasteiger partial charge in [-0.2, -0.15) is 0 Å². The van der Waals surface area contributed by atoms with Gasteiger partial charge in [-0.25, -0.2) is 0 Å². The predicted octanol–water partition coefficient (Wildman–Crippen LogP) is 5.86. The molecule has 2 saturated carbocycles. The highest BCUT2D eigenvalue weighted by atomic mass is 35.5. The summed E-state index contributed by atoms with van der Waals surface area (Å²) in [6, 6.07) is 11.0. The van der Waals surface area contributed by atoms with E-state index in [1.165, 1.54) is 12.1 Å². The molecule has 31 heavy (non-hydrogen) atoms. The molecule has 1 aliphatic heterocycles. The number of benzene rings is 2. The van der Waals surface area contributed by atoms with Gasteiger partial charge in [-0.15, -0.1) is 0 Å². The third kappa shape index (κ3) is 4.88. The highest BCUT2D eigenvalue weighted by Crippen LogP contribution is 2.43. The Bertz CT molecular complexity index is 1040. The largest absolute Gasteiger partial charge is 0.377 e. The van der Waals surface area contributed by atoms with Crippen LogP contribution in [-0.4, -0.2) is 28.5 Å². The molecular formula is C22H24Cl2N4O3. The zero-order chi connectivity index (χ0) is 22.3. The third-order valence-electron chi connectivity index (χ3n) is 5.42. The van der Waals surface area contributed by atoms with Crippen molar-refractivity contribution in [3.05, 3.63) is 56.6 Å². The Morgan fingerprint density at radius 3 is 2.35 bits per heavy atom. The van der Waals surface area contributed by atoms with Gasteiger partial charge in [-0.3, -0.25) is 14.9 Å². The van der Waals surface area contributed by atoms with Crippen LogP contribution in [0, 0.1) is 10.1 Å². The number of nitro benzene ring substituents is 1. The van der Waals surface area contributed by atoms with Gasteiger partial charge in [0.1, 0.15) is 11.2 Å². The Hall–Kier alpha value is -2.51. The number of fused-ring (bicyclic) bond motifs is 1. The lowest BCUT2D eigenvalue weighted by atomic mass is 9.98. The van der Waals surface area contributed by atoms with Gasteiger partial charge in [0.15, 0.2) is 0 Å². The molecule has 0 aromatic heterocycles. The second kappa shape index (κ2) is 8.20. The molecule has 3 aliphatic rings. The van der Waals surface area contributed by atoms with Gasteiger partial charge in [0, 0.05) is 28.2 Å². The summed E-state index contributed by atoms with van der Waals surface area (Å²) in [4.78, 5) is 24.6. The van der Waals surface area contributed by atoms with E-state index < -0.39 is 10.5 Å². The molecule has 1 amide bonds. The molecule has 0 saturated heterocycles. The predicted molar refractivity (Wildman–Crippen MR) is 124 cm³/mol. The number of halogens is 2. The average molecular weight is 463 g/mol. The first-order valence-corrected chi connectivity index (χ1v) is 11.0. The molecule has 0 radical (unpaired) electrons. The highest BCUT2D eigenvalue weighted by molar-refractivity contribution is 6.31. The van der Waals surface area contributed by atoms with E-state index in [0.29, 0.717) is 27.8 Å². The summed E-state index contributed by atoms with van der Waals surface area (Å²) in [5.41, 5.74) is 1.98. The number of carbonyl (C=O) groups is 1. The monoisotopic (exact) mass is 462 g/mol. The fraction of sp³-hybridized carbons (Fsp3) is 0.409. The number of rotatable bonds is 4. The van der Waals surface area contributed by atoms with E-state index in [1.54, 1.807) is 6.07 Å². The maximum absolute atomic E-state index is 12.4. The van der Waals surface area contributed by atoms with Crippen molar-refractivity contribution in [2.24, 2.45) is 0 Å². The first kappa shape index (κ1) is 21.7. The van der Waals surface area contributed by atoms with Gasteiger partial charge in [-0.1, -0.05) is 23.2 Å². The fourth-order valence-electron chi connectivity index (χ4n) is 3.54. The topological polar surface area (TPSA) is 87.5 Å². The van der Waals surface area contributed by atoms with E-state index in [4.69, 9.17) is 23.2 Å². The average Bonchev–Trinajstić information content (AvgIpc) is 3.59. The molecule has 0 bridgehead atoms. The van der Waals surface area contributed by atoms with Gasteiger partial charge in [0.2, 0.25) is 0 Å². The molecule has 7 nitrogen and oxygen atoms in total. The molecule has 5 rings (SSSR count). The number of nitro groups is 1. The van der Waals surface area contributed by atoms with Crippen LogP contribution in [0.3, 0.4) is 0 Å². The lowest BCUT2D eigenvalue weighted by molar-refractivity contribution is -0.384. The zero-order valence-electron chi connectivity index (χ0n) is 17.3. The summed E-state index contributed by atoms with van der Waals surface area (Å²) >= 11 is 11.8. The number of hydrogen-bond acceptors (Lipinski definition) is 5. The lowest BCUT2D eigenvalue weighted by Gasteiger charge is -2.40. The number of carbonyl (C=O) groups excluding carboxylic acids is 1. The molecule has 164 valence electrons. The van der Waals surface area contributed by atoms with Crippen molar-refractivity contribution >= 4 is 51.9 Å². The zero-order valence-corrected chi connectivity index (χ0v) is 18.8. The van der Waals surface area contributed by atoms with Crippen LogP contribution in [-0.2, 0) is 4.79 Å². The molecule has 2 fully saturated rings. The third-order valence-corrected chi connectivity index (χ3v) is 5.89. The van der Waals surface area contributed by atoms with Crippen LogP contribution in [0.5, 0.6) is 0 Å². The maximum Gasteiger partial charge on any atom is 0.292 e. The second-order valence-electron chi connectivity index (χ2n) is 8.65. The van der Waals surface area contributed by atoms with Gasteiger partial charge in [0.05, 0.1) is 16.3 Å². The molecule has 2 N–H and O–H groups in total. The van der Waals surface area contributed by atoms with Crippen LogP contribution in [0.2, 0.25) is 10.0 Å². The van der Waals surface area contributed by atoms with Crippen molar-refractivity contribution in [1.82, 2.24) is 0 Å². The Morgan fingerprint density at radius 2 is 1.74 bits per heavy atom. The lowest BCUT2D eigenvalue weighted by Crippen LogP contribution is -2.54. The number of nitrogens with one attached hydrogen (secondary N) is 2. The molecular weight excluding hydrogens is 439 g/mol. The summed E-state index contributed by atoms with van der Waals surface area (Å²) < 4.78 is 0. The smallest absolute Gasteiger partial charge is 0.292 e. The van der Waals surface area contributed by atoms with Gasteiger partial charge >= 0.3 is 0 Å². The molecule has 1 heterocycles. The second-order valence-corrected chi connectivity index (χ2v) is 9.53. The van der Waals surface area contributed by atoms with Gasteiger partial charge in [-0.05, 0) is 69.9 Å². The van der Waals surface area contributed by atoms with Crippen LogP contribution in [0.4, 0.5) is 22.7 Å². The standard InChI is InChI=1S/C13H15ClN2O.C9H9ClN2O2/c1-13(2)12(17)16(9-4-5-9)11-7-8(14)3-6-10(11)15-13;10-6-1-4-9(12(13)14)8(5-6)11-7-2-3-7/h3,6-7,9,15H,4-5H2,1-2H3;1,4-5,7,11H,2-3H2. The summed E-state index contributed by atoms with van der Waals surface area (Å²) in [5, 5.41) is 18.2. The van der Waals surface area contributed by atoms with Crippen molar-refractivity contribution in [3.63, 3.8) is 0 Å². The molecule has 0 spiro atoms. The summed E-state index contributed by atoms with van der Waals surface area (Å²) in [7, 11) is 0. The number of hydrogen-bond donors (Lipinski definition) is 2. The molecule has 2 aromatic rings. The Balaban J connectivity index is 0.000000152. The number of anilines is 3. The van der Waals surface area contributed by atoms with Crippen molar-refractivity contribution in [2.45, 2.75) is 57.2 Å². The normalized spacial score (nSPS) is 19.0. The minimum atomic E-state index is -0.538. The van der Waals surface area contributed by atoms with Gasteiger partial charge in [0.25, 0.3) is 11.6 Å². The molecule has 0 unspecified atom stereocenters. The minimum Gasteiger partial charge on any atom is -0.377 e. The van der Waals surface area contributed by atoms with E-state index in [-0.39, 0.29) is 11.6 Å². The highest BCUT2D eigenvalue weighted by Gasteiger charge is 2.44. The van der Waals surface area contributed by atoms with Crippen molar-refractivity contribution < 1.29 is 9.72 Å². The van der Waals surface area contributed by atoms with Crippen LogP contribution < -0.4 is 15.5 Å².